The first kappa shape index (κ1) is 23.7. The fraction of sp³-hybridized carbons (Fsp3) is 0.217. The zero-order chi connectivity index (χ0) is 24.0. The molecule has 172 valence electrons. The lowest BCUT2D eigenvalue weighted by molar-refractivity contribution is -0.137. The summed E-state index contributed by atoms with van der Waals surface area (Å²) in [5, 5.41) is 13.6. The lowest BCUT2D eigenvalue weighted by Gasteiger charge is -2.19. The van der Waals surface area contributed by atoms with Crippen LogP contribution in [0.2, 0.25) is 0 Å². The molecule has 2 aromatic heterocycles. The van der Waals surface area contributed by atoms with Crippen molar-refractivity contribution in [3.05, 3.63) is 83.2 Å². The second-order valence-electron chi connectivity index (χ2n) is 7.05. The number of nitrogens with zero attached hydrogens (tertiary/aromatic N) is 2. The van der Waals surface area contributed by atoms with Gasteiger partial charge in [-0.3, -0.25) is 15.2 Å². The van der Waals surface area contributed by atoms with Gasteiger partial charge in [0, 0.05) is 24.9 Å². The average molecular weight is 457 g/mol. The predicted octanol–water partition coefficient (Wildman–Crippen LogP) is 4.21. The van der Waals surface area contributed by atoms with Crippen molar-refractivity contribution in [3.8, 4) is 5.88 Å². The SMILES string of the molecule is CNc1nc(OCC(=O)NC(C)c2ccccn2)cc(C(F)(F)F)c1C(=N)c1ccccc1. The van der Waals surface area contributed by atoms with Gasteiger partial charge in [0.2, 0.25) is 5.88 Å². The lowest BCUT2D eigenvalue weighted by atomic mass is 9.98. The van der Waals surface area contributed by atoms with Gasteiger partial charge in [0.1, 0.15) is 5.82 Å². The van der Waals surface area contributed by atoms with Crippen LogP contribution < -0.4 is 15.4 Å². The summed E-state index contributed by atoms with van der Waals surface area (Å²) in [6.45, 7) is 1.18. The van der Waals surface area contributed by atoms with Gasteiger partial charge in [-0.2, -0.15) is 18.2 Å². The van der Waals surface area contributed by atoms with E-state index in [-0.39, 0.29) is 11.5 Å². The van der Waals surface area contributed by atoms with Gasteiger partial charge < -0.3 is 15.4 Å². The average Bonchev–Trinajstić information content (AvgIpc) is 2.82. The quantitative estimate of drug-likeness (QED) is 0.440. The summed E-state index contributed by atoms with van der Waals surface area (Å²) >= 11 is 0. The molecular weight excluding hydrogens is 435 g/mol. The Morgan fingerprint density at radius 2 is 1.85 bits per heavy atom. The van der Waals surface area contributed by atoms with Crippen molar-refractivity contribution in [3.63, 3.8) is 0 Å². The number of carbonyl (C=O) groups is 1. The van der Waals surface area contributed by atoms with Crippen molar-refractivity contribution in [2.24, 2.45) is 0 Å². The molecular formula is C23H22F3N5O2. The van der Waals surface area contributed by atoms with Crippen LogP contribution in [0.15, 0.2) is 60.8 Å². The molecule has 0 bridgehead atoms. The van der Waals surface area contributed by atoms with Crippen LogP contribution in [0.3, 0.4) is 0 Å². The lowest BCUT2D eigenvalue weighted by Crippen LogP contribution is -2.31. The minimum absolute atomic E-state index is 0.184. The molecule has 0 aliphatic heterocycles. The minimum atomic E-state index is -4.78. The summed E-state index contributed by atoms with van der Waals surface area (Å²) in [5.74, 6) is -1.12. The highest BCUT2D eigenvalue weighted by Crippen LogP contribution is 2.37. The van der Waals surface area contributed by atoms with Crippen LogP contribution in [0, 0.1) is 5.41 Å². The van der Waals surface area contributed by atoms with Crippen LogP contribution in [0.5, 0.6) is 5.88 Å². The number of benzene rings is 1. The van der Waals surface area contributed by atoms with Gasteiger partial charge in [-0.25, -0.2) is 0 Å². The largest absolute Gasteiger partial charge is 0.467 e. The Labute approximate surface area is 188 Å². The molecule has 3 aromatic rings. The van der Waals surface area contributed by atoms with E-state index < -0.39 is 41.7 Å². The number of carbonyl (C=O) groups excluding carboxylic acids is 1. The highest BCUT2D eigenvalue weighted by atomic mass is 19.4. The zero-order valence-corrected chi connectivity index (χ0v) is 17.9. The van der Waals surface area contributed by atoms with Crippen LogP contribution in [-0.4, -0.2) is 35.2 Å². The molecule has 1 unspecified atom stereocenters. The van der Waals surface area contributed by atoms with E-state index in [0.29, 0.717) is 17.3 Å². The van der Waals surface area contributed by atoms with Crippen LogP contribution in [-0.2, 0) is 11.0 Å². The monoisotopic (exact) mass is 457 g/mol. The van der Waals surface area contributed by atoms with Crippen molar-refractivity contribution >= 4 is 17.4 Å². The van der Waals surface area contributed by atoms with Crippen molar-refractivity contribution in [1.29, 1.82) is 5.41 Å². The first-order chi connectivity index (χ1) is 15.7. The number of anilines is 1. The van der Waals surface area contributed by atoms with E-state index in [9.17, 15) is 18.0 Å². The van der Waals surface area contributed by atoms with Gasteiger partial charge in [0.05, 0.1) is 28.6 Å². The summed E-state index contributed by atoms with van der Waals surface area (Å²) < 4.78 is 46.9. The third-order valence-corrected chi connectivity index (χ3v) is 4.71. The molecule has 0 aliphatic carbocycles. The molecule has 3 N–H and O–H groups in total. The molecule has 0 fully saturated rings. The molecule has 1 aromatic carbocycles. The molecule has 1 amide bonds. The normalized spacial score (nSPS) is 12.0. The summed E-state index contributed by atoms with van der Waals surface area (Å²) in [6, 6.07) is 13.6. The van der Waals surface area contributed by atoms with Crippen LogP contribution >= 0.6 is 0 Å². The number of amides is 1. The number of hydrogen-bond acceptors (Lipinski definition) is 6. The molecule has 10 heteroatoms. The minimum Gasteiger partial charge on any atom is -0.467 e. The van der Waals surface area contributed by atoms with Crippen molar-refractivity contribution in [1.82, 2.24) is 15.3 Å². The topological polar surface area (TPSA) is 100.0 Å². The molecule has 0 radical (unpaired) electrons. The summed E-state index contributed by atoms with van der Waals surface area (Å²) in [4.78, 5) is 20.4. The van der Waals surface area contributed by atoms with E-state index in [1.54, 1.807) is 61.7 Å². The highest BCUT2D eigenvalue weighted by Gasteiger charge is 2.37. The van der Waals surface area contributed by atoms with Gasteiger partial charge in [-0.1, -0.05) is 36.4 Å². The molecule has 7 nitrogen and oxygen atoms in total. The highest BCUT2D eigenvalue weighted by molar-refractivity contribution is 6.14. The standard InChI is InChI=1S/C23H22F3N5O2/c1-14(17-10-6-7-11-29-17)30-18(32)13-33-19-12-16(23(24,25)26)20(22(28-2)31-19)21(27)15-8-4-3-5-9-15/h3-12,14,27H,13H2,1-2H3,(H,28,31)(H,30,32). The van der Waals surface area contributed by atoms with Gasteiger partial charge in [0.15, 0.2) is 6.61 Å². The maximum absolute atomic E-state index is 13.9. The first-order valence-electron chi connectivity index (χ1n) is 9.98. The third-order valence-electron chi connectivity index (χ3n) is 4.71. The fourth-order valence-corrected chi connectivity index (χ4v) is 3.13. The molecule has 1 atom stereocenters. The molecule has 0 spiro atoms. The Balaban J connectivity index is 1.83. The predicted molar refractivity (Wildman–Crippen MR) is 117 cm³/mol. The summed E-state index contributed by atoms with van der Waals surface area (Å²) in [7, 11) is 1.40. The van der Waals surface area contributed by atoms with Crippen LogP contribution in [0.1, 0.15) is 35.3 Å². The number of ether oxygens (including phenoxy) is 1. The van der Waals surface area contributed by atoms with Crippen molar-refractivity contribution in [2.45, 2.75) is 19.1 Å². The fourth-order valence-electron chi connectivity index (χ4n) is 3.13. The Hall–Kier alpha value is -3.95. The van der Waals surface area contributed by atoms with E-state index in [1.807, 2.05) is 0 Å². The molecule has 33 heavy (non-hydrogen) atoms. The van der Waals surface area contributed by atoms with Crippen molar-refractivity contribution < 1.29 is 22.7 Å². The van der Waals surface area contributed by atoms with E-state index in [0.717, 1.165) is 0 Å². The van der Waals surface area contributed by atoms with Crippen molar-refractivity contribution in [2.75, 3.05) is 19.0 Å². The molecule has 0 aliphatic rings. The number of halogens is 3. The number of hydrogen-bond donors (Lipinski definition) is 3. The second-order valence-corrected chi connectivity index (χ2v) is 7.05. The van der Waals surface area contributed by atoms with E-state index in [1.165, 1.54) is 7.05 Å². The second kappa shape index (κ2) is 10.1. The zero-order valence-electron chi connectivity index (χ0n) is 17.9. The Morgan fingerprint density at radius 3 is 2.45 bits per heavy atom. The number of pyridine rings is 2. The number of aromatic nitrogens is 2. The summed E-state index contributed by atoms with van der Waals surface area (Å²) in [6.07, 6.45) is -3.19. The van der Waals surface area contributed by atoms with Gasteiger partial charge in [-0.05, 0) is 19.1 Å². The summed E-state index contributed by atoms with van der Waals surface area (Å²) in [5.41, 5.74) is -0.902. The van der Waals surface area contributed by atoms with Gasteiger partial charge in [-0.15, -0.1) is 0 Å². The smallest absolute Gasteiger partial charge is 0.417 e. The maximum Gasteiger partial charge on any atom is 0.417 e. The number of alkyl halides is 3. The Morgan fingerprint density at radius 1 is 1.15 bits per heavy atom. The molecule has 0 saturated heterocycles. The van der Waals surface area contributed by atoms with Crippen LogP contribution in [0.4, 0.5) is 19.0 Å². The molecule has 2 heterocycles. The van der Waals surface area contributed by atoms with E-state index in [2.05, 4.69) is 20.6 Å². The van der Waals surface area contributed by atoms with Gasteiger partial charge >= 0.3 is 6.18 Å². The van der Waals surface area contributed by atoms with Gasteiger partial charge in [0.25, 0.3) is 5.91 Å². The van der Waals surface area contributed by atoms with E-state index >= 15 is 0 Å². The maximum atomic E-state index is 13.9. The first-order valence-corrected chi connectivity index (χ1v) is 9.98. The van der Waals surface area contributed by atoms with E-state index in [4.69, 9.17) is 10.1 Å². The Bertz CT molecular complexity index is 1120. The Kier molecular flexibility index (Phi) is 7.27. The molecule has 0 saturated carbocycles. The van der Waals surface area contributed by atoms with Crippen LogP contribution in [0.25, 0.3) is 0 Å². The number of rotatable bonds is 8. The molecule has 3 rings (SSSR count). The third kappa shape index (κ3) is 5.85. The number of nitrogens with one attached hydrogen (secondary N) is 3.